The van der Waals surface area contributed by atoms with Crippen molar-refractivity contribution in [2.75, 3.05) is 26.4 Å². The number of azide groups is 1. The van der Waals surface area contributed by atoms with Gasteiger partial charge in [0.2, 0.25) is 6.29 Å². The van der Waals surface area contributed by atoms with Crippen LogP contribution in [0.4, 0.5) is 5.69 Å². The molecule has 0 radical (unpaired) electrons. The van der Waals surface area contributed by atoms with Gasteiger partial charge in [0.15, 0.2) is 18.4 Å². The number of phosphoric acid groups is 1. The molecule has 1 amide bonds. The third-order valence-corrected chi connectivity index (χ3v) is 18.6. The maximum absolute atomic E-state index is 13.8. The standard InChI is InChI=1S/C60H103IN5O23P/c1-3-5-7-9-11-13-15-17-19-21-23-25-27-29-42(68)82-35-37(84-43(69)30-28-26-24-22-20-18-16-14-12-10-8-6-4-2)36-83-90(80,81)89-57-53(77)51(75)50(74)52(76)56(57)88-59-45(62)48(72)55(87-60-54(78)49(73)47(71)41(34-67)86-60)40(85-59)33-64-58(79)38-31-32-39(65-66-63)44(61)46(38)70/h31-32,37,40-41,45,47-57,59-60,67,70-78H,3-30,33-36,62H2,1-2H3,(H,64,79)(H,80,81)/t37-,40-,41-,45-,47-,48-,49+,50-,51-,52+,53-,54+,55-,56-,57-,59-,60-/m1/s1. The number of nitrogens with one attached hydrogen (secondary N) is 1. The first-order chi connectivity index (χ1) is 43.1. The van der Waals surface area contributed by atoms with Crippen molar-refractivity contribution in [1.82, 2.24) is 5.32 Å². The van der Waals surface area contributed by atoms with E-state index in [9.17, 15) is 74.9 Å². The number of nitrogens with zero attached hydrogens (tertiary/aromatic N) is 3. The predicted octanol–water partition coefficient (Wildman–Crippen LogP) is 4.68. The topological polar surface area (TPSA) is 456 Å². The Labute approximate surface area is 541 Å². The Hall–Kier alpha value is -2.98. The lowest BCUT2D eigenvalue weighted by atomic mass is 9.84. The molecule has 0 spiro atoms. The van der Waals surface area contributed by atoms with Crippen molar-refractivity contribution in [3.63, 3.8) is 0 Å². The molecule has 0 aromatic heterocycles. The number of quaternary nitrogens is 1. The molecule has 1 aliphatic carbocycles. The molecule has 30 heteroatoms. The van der Waals surface area contributed by atoms with Crippen LogP contribution in [0.15, 0.2) is 17.2 Å². The lowest BCUT2D eigenvalue weighted by Gasteiger charge is -2.48. The highest BCUT2D eigenvalue weighted by Crippen LogP contribution is 2.45. The SMILES string of the molecule is CCCCCCCCCCCCCCCC(=O)OC[C@H](COP(=O)([O-])O[C@@H]1[C@H](O)[C@H](O)[C@@H](O)[C@H](O)[C@H]1O[C@H]1O[C@H](CNC(=O)c2ccc(N=[N+]=[N-])c(I)c2O)[C@@H](O[C@H]2O[C@H](CO)[C@@H](O)[C@H](O)[C@@H]2O)[C@H](O)[C@H]1[NH3+])OC(=O)CCCCCCCCCCCCCCC. The van der Waals surface area contributed by atoms with Crippen molar-refractivity contribution in [1.29, 1.82) is 0 Å². The molecular weight excluding hydrogens is 1320 g/mol. The van der Waals surface area contributed by atoms with Gasteiger partial charge in [-0.1, -0.05) is 179 Å². The zero-order chi connectivity index (χ0) is 66.2. The second-order valence-corrected chi connectivity index (χ2v) is 26.3. The van der Waals surface area contributed by atoms with E-state index in [0.717, 1.165) is 70.3 Å². The van der Waals surface area contributed by atoms with Gasteiger partial charge in [0, 0.05) is 24.3 Å². The molecule has 1 aromatic carbocycles. The van der Waals surface area contributed by atoms with E-state index in [2.05, 4.69) is 34.9 Å². The fraction of sp³-hybridized carbons (Fsp3) is 0.850. The molecule has 518 valence electrons. The Morgan fingerprint density at radius 2 is 1.11 bits per heavy atom. The van der Waals surface area contributed by atoms with Crippen LogP contribution in [-0.4, -0.2) is 199 Å². The van der Waals surface area contributed by atoms with Crippen molar-refractivity contribution in [2.24, 2.45) is 5.11 Å². The van der Waals surface area contributed by atoms with Crippen LogP contribution in [0.1, 0.15) is 204 Å². The molecule has 1 saturated carbocycles. The maximum atomic E-state index is 13.8. The third kappa shape index (κ3) is 26.7. The van der Waals surface area contributed by atoms with Crippen LogP contribution in [0, 0.1) is 3.57 Å². The summed E-state index contributed by atoms with van der Waals surface area (Å²) in [5.74, 6) is -2.91. The molecule has 4 rings (SSSR count). The van der Waals surface area contributed by atoms with Gasteiger partial charge in [-0.25, -0.2) is 0 Å². The zero-order valence-corrected chi connectivity index (χ0v) is 55.3. The molecule has 3 fully saturated rings. The average molecular weight is 1420 g/mol. The Balaban J connectivity index is 1.46. The van der Waals surface area contributed by atoms with Crippen LogP contribution in [-0.2, 0) is 51.6 Å². The normalized spacial score (nSPS) is 28.8. The van der Waals surface area contributed by atoms with Gasteiger partial charge in [-0.3, -0.25) is 18.9 Å². The molecule has 2 heterocycles. The first-order valence-corrected chi connectivity index (χ1v) is 35.0. The largest absolute Gasteiger partial charge is 0.756 e. The van der Waals surface area contributed by atoms with Gasteiger partial charge in [-0.05, 0) is 47.0 Å². The molecule has 2 saturated heterocycles. The van der Waals surface area contributed by atoms with Crippen LogP contribution in [0.5, 0.6) is 5.75 Å². The van der Waals surface area contributed by atoms with Crippen LogP contribution in [0.2, 0.25) is 0 Å². The Morgan fingerprint density at radius 1 is 0.644 bits per heavy atom. The summed E-state index contributed by atoms with van der Waals surface area (Å²) in [4.78, 5) is 56.3. The smallest absolute Gasteiger partial charge is 0.306 e. The Kier molecular flexibility index (Phi) is 38.1. The van der Waals surface area contributed by atoms with E-state index < -0.39 is 162 Å². The van der Waals surface area contributed by atoms with Gasteiger partial charge in [-0.15, -0.1) is 0 Å². The number of carbonyl (C=O) groups excluding carboxylic acids is 3. The number of halogens is 1. The first-order valence-electron chi connectivity index (χ1n) is 32.4. The number of ether oxygens (including phenoxy) is 6. The van der Waals surface area contributed by atoms with E-state index in [-0.39, 0.29) is 27.7 Å². The predicted molar refractivity (Wildman–Crippen MR) is 331 cm³/mol. The van der Waals surface area contributed by atoms with Gasteiger partial charge < -0.3 is 104 Å². The zero-order valence-electron chi connectivity index (χ0n) is 52.3. The monoisotopic (exact) mass is 1420 g/mol. The molecule has 1 aromatic rings. The lowest BCUT2D eigenvalue weighted by molar-refractivity contribution is -0.510. The molecule has 2 aliphatic heterocycles. The lowest BCUT2D eigenvalue weighted by Crippen LogP contribution is -2.80. The van der Waals surface area contributed by atoms with E-state index in [1.54, 1.807) is 22.6 Å². The summed E-state index contributed by atoms with van der Waals surface area (Å²) in [6.45, 7) is 1.25. The highest BCUT2D eigenvalue weighted by molar-refractivity contribution is 14.1. The van der Waals surface area contributed by atoms with Gasteiger partial charge in [-0.2, -0.15) is 0 Å². The number of carbonyl (C=O) groups is 3. The fourth-order valence-corrected chi connectivity index (χ4v) is 12.6. The molecular formula is C60H103IN5O23P. The van der Waals surface area contributed by atoms with Crippen molar-refractivity contribution in [2.45, 2.75) is 298 Å². The number of hydrogen-bond donors (Lipinski definition) is 12. The first kappa shape index (κ1) is 79.5. The van der Waals surface area contributed by atoms with Crippen molar-refractivity contribution >= 4 is 53.9 Å². The second kappa shape index (κ2) is 43.2. The molecule has 18 atom stereocenters. The van der Waals surface area contributed by atoms with E-state index >= 15 is 0 Å². The number of aliphatic hydroxyl groups excluding tert-OH is 9. The van der Waals surface area contributed by atoms with Crippen LogP contribution in [0.25, 0.3) is 10.4 Å². The number of rotatable bonds is 45. The minimum atomic E-state index is -5.80. The molecule has 1 unspecified atom stereocenters. The quantitative estimate of drug-likeness (QED) is 0.00802. The second-order valence-electron chi connectivity index (χ2n) is 23.8. The van der Waals surface area contributed by atoms with Gasteiger partial charge in [0.1, 0.15) is 91.7 Å². The highest BCUT2D eigenvalue weighted by atomic mass is 127. The summed E-state index contributed by atoms with van der Waals surface area (Å²) in [6.07, 6.45) is -3.42. The number of phenols is 1. The number of phosphoric ester groups is 1. The van der Waals surface area contributed by atoms with E-state index in [1.165, 1.54) is 96.0 Å². The van der Waals surface area contributed by atoms with E-state index in [0.29, 0.717) is 12.8 Å². The van der Waals surface area contributed by atoms with Crippen LogP contribution in [0.3, 0.4) is 0 Å². The summed E-state index contributed by atoms with van der Waals surface area (Å²) < 4.78 is 58.8. The minimum Gasteiger partial charge on any atom is -0.756 e. The Bertz CT molecular complexity index is 2330. The highest BCUT2D eigenvalue weighted by Gasteiger charge is 2.57. The number of benzene rings is 1. The van der Waals surface area contributed by atoms with E-state index in [4.69, 9.17) is 43.0 Å². The summed E-state index contributed by atoms with van der Waals surface area (Å²) >= 11 is 1.64. The molecule has 90 heavy (non-hydrogen) atoms. The number of aromatic hydroxyl groups is 1. The van der Waals surface area contributed by atoms with Crippen LogP contribution >= 0.6 is 30.4 Å². The third-order valence-electron chi connectivity index (χ3n) is 16.6. The number of unbranched alkanes of at least 4 members (excludes halogenated alkanes) is 24. The molecule has 0 bridgehead atoms. The van der Waals surface area contributed by atoms with E-state index in [1.807, 2.05) is 0 Å². The summed E-state index contributed by atoms with van der Waals surface area (Å²) in [7, 11) is -5.80. The number of esters is 2. The fourth-order valence-electron chi connectivity index (χ4n) is 11.1. The molecule has 3 aliphatic rings. The average Bonchev–Trinajstić information content (AvgIpc) is 0.979. The van der Waals surface area contributed by atoms with Crippen molar-refractivity contribution < 1.29 is 118 Å². The summed E-state index contributed by atoms with van der Waals surface area (Å²) in [5, 5.41) is 115. The van der Waals surface area contributed by atoms with Crippen LogP contribution < -0.4 is 15.9 Å². The van der Waals surface area contributed by atoms with Crippen molar-refractivity contribution in [3.8, 4) is 5.75 Å². The molecule has 28 nitrogen and oxygen atoms in total. The Morgan fingerprint density at radius 3 is 1.62 bits per heavy atom. The summed E-state index contributed by atoms with van der Waals surface area (Å²) in [6, 6.07) is 0.775. The minimum absolute atomic E-state index is 0.000323. The van der Waals surface area contributed by atoms with Gasteiger partial charge in [0.05, 0.1) is 28.0 Å². The maximum Gasteiger partial charge on any atom is 0.306 e. The van der Waals surface area contributed by atoms with Crippen molar-refractivity contribution in [3.05, 3.63) is 31.7 Å². The number of hydrogen-bond acceptors (Lipinski definition) is 24. The number of phenolic OH excluding ortho intramolecular Hbond substituents is 1. The van der Waals surface area contributed by atoms with Gasteiger partial charge in [0.25, 0.3) is 13.7 Å². The molecule has 14 N–H and O–H groups in total. The number of amides is 1. The summed E-state index contributed by atoms with van der Waals surface area (Å²) in [5.41, 5.74) is 12.4. The van der Waals surface area contributed by atoms with Gasteiger partial charge >= 0.3 is 11.9 Å². The number of aliphatic hydroxyl groups is 9.